The number of esters is 1. The van der Waals surface area contributed by atoms with Crippen LogP contribution in [0.5, 0.6) is 0 Å². The molecule has 1 aromatic heterocycles. The van der Waals surface area contributed by atoms with Crippen molar-refractivity contribution in [1.82, 2.24) is 15.4 Å². The Morgan fingerprint density at radius 2 is 2.00 bits per heavy atom. The highest BCUT2D eigenvalue weighted by atomic mass is 16.5. The van der Waals surface area contributed by atoms with Crippen molar-refractivity contribution in [2.24, 2.45) is 0 Å². The highest BCUT2D eigenvalue weighted by molar-refractivity contribution is 5.88. The minimum atomic E-state index is -0.361. The van der Waals surface area contributed by atoms with Gasteiger partial charge in [-0.15, -0.1) is 5.10 Å². The average molecular weight is 237 g/mol. The minimum Gasteiger partial charge on any atom is -0.461 e. The van der Waals surface area contributed by atoms with E-state index in [2.05, 4.69) is 15.4 Å². The average Bonchev–Trinajstić information content (AvgIpc) is 2.65. The molecule has 1 N–H and O–H groups in total. The van der Waals surface area contributed by atoms with Crippen LogP contribution in [0.2, 0.25) is 0 Å². The summed E-state index contributed by atoms with van der Waals surface area (Å²) in [6.07, 6.45) is 7.17. The summed E-state index contributed by atoms with van der Waals surface area (Å²) in [4.78, 5) is 11.7. The number of carbonyl (C=O) groups excluding carboxylic acids is 1. The van der Waals surface area contributed by atoms with Crippen molar-refractivity contribution in [2.75, 3.05) is 6.61 Å². The topological polar surface area (TPSA) is 67.9 Å². The number of nitrogens with one attached hydrogen (secondary N) is 1. The SMILES string of the molecule is CCOC(=O)c1n[nH]nc1C1CCCCCC1. The monoisotopic (exact) mass is 237 g/mol. The van der Waals surface area contributed by atoms with Crippen molar-refractivity contribution >= 4 is 5.97 Å². The molecule has 0 aliphatic heterocycles. The lowest BCUT2D eigenvalue weighted by molar-refractivity contribution is 0.0517. The second kappa shape index (κ2) is 5.80. The number of aromatic amines is 1. The van der Waals surface area contributed by atoms with E-state index < -0.39 is 0 Å². The lowest BCUT2D eigenvalue weighted by Gasteiger charge is -2.11. The Morgan fingerprint density at radius 1 is 1.29 bits per heavy atom. The molecular weight excluding hydrogens is 218 g/mol. The Morgan fingerprint density at radius 3 is 2.65 bits per heavy atom. The fourth-order valence-electron chi connectivity index (χ4n) is 2.43. The molecule has 1 aromatic rings. The second-order valence-electron chi connectivity index (χ2n) is 4.47. The predicted octanol–water partition coefficient (Wildman–Crippen LogP) is 2.42. The number of H-pyrrole nitrogens is 1. The molecule has 0 amide bonds. The lowest BCUT2D eigenvalue weighted by Crippen LogP contribution is -2.11. The summed E-state index contributed by atoms with van der Waals surface area (Å²) in [6, 6.07) is 0. The molecule has 0 unspecified atom stereocenters. The van der Waals surface area contributed by atoms with Gasteiger partial charge in [0.1, 0.15) is 5.69 Å². The van der Waals surface area contributed by atoms with Gasteiger partial charge in [0.15, 0.2) is 5.69 Å². The van der Waals surface area contributed by atoms with Crippen LogP contribution in [0.1, 0.15) is 67.5 Å². The van der Waals surface area contributed by atoms with Crippen molar-refractivity contribution in [2.45, 2.75) is 51.4 Å². The Bertz CT molecular complexity index is 368. The van der Waals surface area contributed by atoms with Crippen LogP contribution < -0.4 is 0 Å². The van der Waals surface area contributed by atoms with Gasteiger partial charge in [-0.25, -0.2) is 4.79 Å². The van der Waals surface area contributed by atoms with Crippen molar-refractivity contribution < 1.29 is 9.53 Å². The zero-order valence-electron chi connectivity index (χ0n) is 10.2. The molecule has 2 rings (SSSR count). The van der Waals surface area contributed by atoms with E-state index in [1.54, 1.807) is 6.92 Å². The first-order chi connectivity index (χ1) is 8.33. The third kappa shape index (κ3) is 2.84. The van der Waals surface area contributed by atoms with Crippen LogP contribution in [0, 0.1) is 0 Å². The van der Waals surface area contributed by atoms with Gasteiger partial charge in [-0.3, -0.25) is 0 Å². The van der Waals surface area contributed by atoms with Gasteiger partial charge in [0, 0.05) is 5.92 Å². The van der Waals surface area contributed by atoms with Crippen LogP contribution in [-0.2, 0) is 4.74 Å². The summed E-state index contributed by atoms with van der Waals surface area (Å²) in [7, 11) is 0. The van der Waals surface area contributed by atoms with E-state index in [9.17, 15) is 4.79 Å². The molecule has 0 bridgehead atoms. The Hall–Kier alpha value is -1.39. The van der Waals surface area contributed by atoms with Gasteiger partial charge in [-0.1, -0.05) is 25.7 Å². The minimum absolute atomic E-state index is 0.357. The molecule has 0 saturated heterocycles. The summed E-state index contributed by atoms with van der Waals surface area (Å²) in [5.74, 6) is -0.00356. The van der Waals surface area contributed by atoms with E-state index in [4.69, 9.17) is 4.74 Å². The van der Waals surface area contributed by atoms with Crippen LogP contribution in [-0.4, -0.2) is 28.0 Å². The molecule has 0 aromatic carbocycles. The van der Waals surface area contributed by atoms with Crippen LogP contribution in [0.25, 0.3) is 0 Å². The zero-order chi connectivity index (χ0) is 12.1. The van der Waals surface area contributed by atoms with Gasteiger partial charge < -0.3 is 4.74 Å². The Balaban J connectivity index is 2.14. The first-order valence-corrected chi connectivity index (χ1v) is 6.40. The number of aromatic nitrogens is 3. The third-order valence-corrected chi connectivity index (χ3v) is 3.29. The van der Waals surface area contributed by atoms with Crippen molar-refractivity contribution in [3.63, 3.8) is 0 Å². The molecule has 1 fully saturated rings. The maximum Gasteiger partial charge on any atom is 0.360 e. The molecule has 1 saturated carbocycles. The molecule has 5 heteroatoms. The molecule has 0 spiro atoms. The molecule has 5 nitrogen and oxygen atoms in total. The Kier molecular flexibility index (Phi) is 4.12. The number of ether oxygens (including phenoxy) is 1. The molecule has 0 atom stereocenters. The van der Waals surface area contributed by atoms with Gasteiger partial charge in [-0.05, 0) is 19.8 Å². The second-order valence-corrected chi connectivity index (χ2v) is 4.47. The van der Waals surface area contributed by atoms with Gasteiger partial charge in [-0.2, -0.15) is 10.3 Å². The number of hydrogen-bond donors (Lipinski definition) is 1. The zero-order valence-corrected chi connectivity index (χ0v) is 10.2. The highest BCUT2D eigenvalue weighted by Crippen LogP contribution is 2.31. The largest absolute Gasteiger partial charge is 0.461 e. The van der Waals surface area contributed by atoms with Crippen LogP contribution in [0.3, 0.4) is 0 Å². The summed E-state index contributed by atoms with van der Waals surface area (Å²) >= 11 is 0. The number of rotatable bonds is 3. The van der Waals surface area contributed by atoms with Gasteiger partial charge in [0.05, 0.1) is 6.61 Å². The van der Waals surface area contributed by atoms with Crippen LogP contribution in [0.4, 0.5) is 0 Å². The molecule has 17 heavy (non-hydrogen) atoms. The fraction of sp³-hybridized carbons (Fsp3) is 0.750. The van der Waals surface area contributed by atoms with Gasteiger partial charge >= 0.3 is 5.97 Å². The maximum atomic E-state index is 11.7. The molecule has 0 radical (unpaired) electrons. The quantitative estimate of drug-likeness (QED) is 0.647. The summed E-state index contributed by atoms with van der Waals surface area (Å²) in [5, 5.41) is 10.6. The smallest absolute Gasteiger partial charge is 0.360 e. The molecule has 94 valence electrons. The maximum absolute atomic E-state index is 11.7. The van der Waals surface area contributed by atoms with Crippen LogP contribution >= 0.6 is 0 Å². The van der Waals surface area contributed by atoms with E-state index >= 15 is 0 Å². The fourth-order valence-corrected chi connectivity index (χ4v) is 2.43. The van der Waals surface area contributed by atoms with Crippen LogP contribution in [0.15, 0.2) is 0 Å². The van der Waals surface area contributed by atoms with E-state index in [-0.39, 0.29) is 5.97 Å². The molecular formula is C12H19N3O2. The van der Waals surface area contributed by atoms with Crippen molar-refractivity contribution in [1.29, 1.82) is 0 Å². The van der Waals surface area contributed by atoms with Crippen molar-refractivity contribution in [3.8, 4) is 0 Å². The van der Waals surface area contributed by atoms with E-state index in [1.165, 1.54) is 25.7 Å². The van der Waals surface area contributed by atoms with E-state index in [0.717, 1.165) is 18.5 Å². The van der Waals surface area contributed by atoms with Crippen molar-refractivity contribution in [3.05, 3.63) is 11.4 Å². The summed E-state index contributed by atoms with van der Waals surface area (Å²) < 4.78 is 4.99. The first kappa shape index (κ1) is 12.1. The summed E-state index contributed by atoms with van der Waals surface area (Å²) in [6.45, 7) is 2.17. The van der Waals surface area contributed by atoms with Gasteiger partial charge in [0.25, 0.3) is 0 Å². The van der Waals surface area contributed by atoms with E-state index in [1.807, 2.05) is 0 Å². The molecule has 1 heterocycles. The number of carbonyl (C=O) groups is 1. The van der Waals surface area contributed by atoms with E-state index in [0.29, 0.717) is 18.2 Å². The predicted molar refractivity (Wildman–Crippen MR) is 62.8 cm³/mol. The third-order valence-electron chi connectivity index (χ3n) is 3.29. The molecule has 1 aliphatic carbocycles. The standard InChI is InChI=1S/C12H19N3O2/c1-2-17-12(16)11-10(13-15-14-11)9-7-5-3-4-6-8-9/h9H,2-8H2,1H3,(H,13,14,15). The summed E-state index contributed by atoms with van der Waals surface area (Å²) in [5.41, 5.74) is 1.17. The lowest BCUT2D eigenvalue weighted by atomic mass is 9.95. The number of hydrogen-bond acceptors (Lipinski definition) is 4. The van der Waals surface area contributed by atoms with Gasteiger partial charge in [0.2, 0.25) is 0 Å². The highest BCUT2D eigenvalue weighted by Gasteiger charge is 2.25. The number of nitrogens with zero attached hydrogens (tertiary/aromatic N) is 2. The molecule has 1 aliphatic rings. The Labute approximate surface area is 101 Å². The first-order valence-electron chi connectivity index (χ1n) is 6.40. The normalized spacial score (nSPS) is 17.7.